The summed E-state index contributed by atoms with van der Waals surface area (Å²) in [5, 5.41) is 8.58. The monoisotopic (exact) mass is 372 g/mol. The first-order valence-corrected chi connectivity index (χ1v) is 9.65. The number of Topliss-reactive ketones (excluding diaryl/α,β-unsaturated/α-hetero) is 1. The number of aromatic nitrogens is 3. The Morgan fingerprint density at radius 3 is 2.85 bits per heavy atom. The van der Waals surface area contributed by atoms with Crippen molar-refractivity contribution in [2.24, 2.45) is 0 Å². The first kappa shape index (κ1) is 17.0. The number of para-hydroxylation sites is 1. The molecule has 7 nitrogen and oxygen atoms in total. The van der Waals surface area contributed by atoms with Crippen molar-refractivity contribution in [2.75, 3.05) is 25.8 Å². The zero-order chi connectivity index (χ0) is 18.3. The van der Waals surface area contributed by atoms with E-state index in [1.807, 2.05) is 24.5 Å². The molecule has 4 rings (SSSR count). The smallest absolute Gasteiger partial charge is 0.227 e. The summed E-state index contributed by atoms with van der Waals surface area (Å²) in [6, 6.07) is 5.32. The molecule has 1 unspecified atom stereocenters. The lowest BCUT2D eigenvalue weighted by molar-refractivity contribution is -0.116. The molecule has 8 heteroatoms. The number of hydrogen-bond donors (Lipinski definition) is 1. The number of carbonyl (C=O) groups is 1. The van der Waals surface area contributed by atoms with Crippen molar-refractivity contribution < 1.29 is 14.3 Å². The Labute approximate surface area is 155 Å². The van der Waals surface area contributed by atoms with Crippen molar-refractivity contribution in [3.05, 3.63) is 35.0 Å². The predicted octanol–water partition coefficient (Wildman–Crippen LogP) is 3.04. The maximum Gasteiger partial charge on any atom is 0.227 e. The molecule has 1 aliphatic carbocycles. The number of carbonyl (C=O) groups excluding carboxylic acids is 1. The normalized spacial score (nSPS) is 18.9. The summed E-state index contributed by atoms with van der Waals surface area (Å²) < 4.78 is 12.9. The first-order chi connectivity index (χ1) is 12.7. The van der Waals surface area contributed by atoms with E-state index in [1.54, 1.807) is 18.9 Å². The lowest BCUT2D eigenvalue weighted by Crippen LogP contribution is -2.31. The molecule has 1 aromatic heterocycles. The van der Waals surface area contributed by atoms with Gasteiger partial charge >= 0.3 is 0 Å². The van der Waals surface area contributed by atoms with Crippen LogP contribution in [0.15, 0.2) is 34.6 Å². The van der Waals surface area contributed by atoms with Crippen LogP contribution in [0.25, 0.3) is 0 Å². The van der Waals surface area contributed by atoms with Gasteiger partial charge in [-0.25, -0.2) is 4.68 Å². The van der Waals surface area contributed by atoms with Gasteiger partial charge in [0.2, 0.25) is 11.1 Å². The number of ketones is 1. The minimum atomic E-state index is -0.382. The van der Waals surface area contributed by atoms with Gasteiger partial charge in [-0.05, 0) is 25.2 Å². The summed E-state index contributed by atoms with van der Waals surface area (Å²) >= 11 is 1.47. The van der Waals surface area contributed by atoms with Crippen molar-refractivity contribution >= 4 is 23.5 Å². The third kappa shape index (κ3) is 2.56. The Morgan fingerprint density at radius 2 is 2.12 bits per heavy atom. The molecule has 1 atom stereocenters. The molecule has 2 heterocycles. The largest absolute Gasteiger partial charge is 0.493 e. The molecule has 26 heavy (non-hydrogen) atoms. The van der Waals surface area contributed by atoms with Crippen LogP contribution in [0, 0.1) is 0 Å². The molecule has 0 fully saturated rings. The Morgan fingerprint density at radius 1 is 1.27 bits per heavy atom. The topological polar surface area (TPSA) is 78.3 Å². The van der Waals surface area contributed by atoms with Crippen LogP contribution in [0.1, 0.15) is 30.9 Å². The molecule has 2 aliphatic rings. The number of nitrogens with one attached hydrogen (secondary N) is 1. The van der Waals surface area contributed by atoms with Gasteiger partial charge in [0.25, 0.3) is 0 Å². The SMILES string of the molecule is COc1cccc(C2C3=C(CCCC3=O)Nc3nc(SC)nn32)c1OC. The van der Waals surface area contributed by atoms with E-state index in [2.05, 4.69) is 15.4 Å². The Bertz CT molecular complexity index is 906. The summed E-state index contributed by atoms with van der Waals surface area (Å²) in [5.41, 5.74) is 2.52. The second-order valence-electron chi connectivity index (χ2n) is 6.15. The van der Waals surface area contributed by atoms with E-state index >= 15 is 0 Å². The standard InChI is InChI=1S/C18H20N4O3S/c1-24-13-9-4-6-10(16(13)25-2)15-14-11(7-5-8-12(14)23)19-17-20-18(26-3)21-22(15)17/h4,6,9,15H,5,7-8H2,1-3H3,(H,19,20,21). The highest BCUT2D eigenvalue weighted by Gasteiger charge is 2.38. The second kappa shape index (κ2) is 6.68. The number of nitrogens with zero attached hydrogens (tertiary/aromatic N) is 3. The highest BCUT2D eigenvalue weighted by Crippen LogP contribution is 2.45. The van der Waals surface area contributed by atoms with Gasteiger partial charge in [0.15, 0.2) is 17.3 Å². The number of fused-ring (bicyclic) bond motifs is 1. The average molecular weight is 372 g/mol. The zero-order valence-electron chi connectivity index (χ0n) is 14.9. The van der Waals surface area contributed by atoms with E-state index < -0.39 is 0 Å². The van der Waals surface area contributed by atoms with Crippen LogP contribution in [0.4, 0.5) is 5.95 Å². The van der Waals surface area contributed by atoms with Crippen LogP contribution >= 0.6 is 11.8 Å². The highest BCUT2D eigenvalue weighted by atomic mass is 32.2. The van der Waals surface area contributed by atoms with E-state index in [9.17, 15) is 4.79 Å². The highest BCUT2D eigenvalue weighted by molar-refractivity contribution is 7.98. The molecule has 1 aromatic carbocycles. The van der Waals surface area contributed by atoms with Crippen LogP contribution in [-0.2, 0) is 4.79 Å². The van der Waals surface area contributed by atoms with Crippen LogP contribution in [-0.4, -0.2) is 41.0 Å². The van der Waals surface area contributed by atoms with Gasteiger partial charge in [-0.2, -0.15) is 4.98 Å². The number of allylic oxidation sites excluding steroid dienone is 2. The minimum Gasteiger partial charge on any atom is -0.493 e. The summed E-state index contributed by atoms with van der Waals surface area (Å²) in [7, 11) is 3.21. The number of thioether (sulfide) groups is 1. The molecule has 0 bridgehead atoms. The number of benzene rings is 1. The van der Waals surface area contributed by atoms with Gasteiger partial charge in [-0.15, -0.1) is 5.10 Å². The molecule has 0 spiro atoms. The summed E-state index contributed by atoms with van der Waals surface area (Å²) in [5.74, 6) is 2.03. The fraction of sp³-hybridized carbons (Fsp3) is 0.389. The van der Waals surface area contributed by atoms with Crippen LogP contribution < -0.4 is 14.8 Å². The van der Waals surface area contributed by atoms with Gasteiger partial charge in [-0.3, -0.25) is 4.79 Å². The summed E-state index contributed by atoms with van der Waals surface area (Å²) in [6.07, 6.45) is 4.14. The van der Waals surface area contributed by atoms with Crippen LogP contribution in [0.3, 0.4) is 0 Å². The average Bonchev–Trinajstić information content (AvgIpc) is 3.08. The summed E-state index contributed by atoms with van der Waals surface area (Å²) in [6.45, 7) is 0. The fourth-order valence-electron chi connectivity index (χ4n) is 3.64. The van der Waals surface area contributed by atoms with Crippen molar-refractivity contribution in [3.8, 4) is 11.5 Å². The lowest BCUT2D eigenvalue weighted by Gasteiger charge is -2.32. The molecule has 1 aliphatic heterocycles. The van der Waals surface area contributed by atoms with Crippen molar-refractivity contribution in [1.29, 1.82) is 0 Å². The first-order valence-electron chi connectivity index (χ1n) is 8.42. The number of rotatable bonds is 4. The van der Waals surface area contributed by atoms with Gasteiger partial charge in [0, 0.05) is 23.3 Å². The third-order valence-electron chi connectivity index (χ3n) is 4.76. The predicted molar refractivity (Wildman–Crippen MR) is 99.0 cm³/mol. The van der Waals surface area contributed by atoms with Crippen LogP contribution in [0.2, 0.25) is 0 Å². The fourth-order valence-corrected chi connectivity index (χ4v) is 3.99. The van der Waals surface area contributed by atoms with Gasteiger partial charge < -0.3 is 14.8 Å². The second-order valence-corrected chi connectivity index (χ2v) is 6.92. The van der Waals surface area contributed by atoms with Crippen molar-refractivity contribution in [1.82, 2.24) is 14.8 Å². The third-order valence-corrected chi connectivity index (χ3v) is 5.30. The zero-order valence-corrected chi connectivity index (χ0v) is 15.7. The molecule has 136 valence electrons. The maximum atomic E-state index is 12.8. The number of methoxy groups -OCH3 is 2. The van der Waals surface area contributed by atoms with E-state index in [1.165, 1.54) is 11.8 Å². The molecular weight excluding hydrogens is 352 g/mol. The maximum absolute atomic E-state index is 12.8. The molecule has 0 amide bonds. The Kier molecular flexibility index (Phi) is 4.36. The molecule has 2 aromatic rings. The molecule has 0 saturated heterocycles. The molecule has 0 saturated carbocycles. The van der Waals surface area contributed by atoms with E-state index in [0.717, 1.165) is 29.7 Å². The number of anilines is 1. The van der Waals surface area contributed by atoms with Crippen molar-refractivity contribution in [2.45, 2.75) is 30.5 Å². The lowest BCUT2D eigenvalue weighted by atomic mass is 9.85. The van der Waals surface area contributed by atoms with Gasteiger partial charge in [0.1, 0.15) is 6.04 Å². The molecular formula is C18H20N4O3S. The van der Waals surface area contributed by atoms with Gasteiger partial charge in [-0.1, -0.05) is 23.9 Å². The Hall–Kier alpha value is -2.48. The van der Waals surface area contributed by atoms with Crippen LogP contribution in [0.5, 0.6) is 11.5 Å². The van der Waals surface area contributed by atoms with Crippen molar-refractivity contribution in [3.63, 3.8) is 0 Å². The van der Waals surface area contributed by atoms with E-state index in [-0.39, 0.29) is 11.8 Å². The number of hydrogen-bond acceptors (Lipinski definition) is 7. The minimum absolute atomic E-state index is 0.139. The van der Waals surface area contributed by atoms with Gasteiger partial charge in [0.05, 0.1) is 14.2 Å². The molecule has 1 N–H and O–H groups in total. The number of ether oxygens (including phenoxy) is 2. The van der Waals surface area contributed by atoms with E-state index in [0.29, 0.717) is 29.0 Å². The summed E-state index contributed by atoms with van der Waals surface area (Å²) in [4.78, 5) is 17.4. The quantitative estimate of drug-likeness (QED) is 0.827. The van der Waals surface area contributed by atoms with E-state index in [4.69, 9.17) is 9.47 Å². The molecule has 0 radical (unpaired) electrons. The Balaban J connectivity index is 1.96.